The topological polar surface area (TPSA) is 65.2 Å². The van der Waals surface area contributed by atoms with Crippen molar-refractivity contribution in [3.05, 3.63) is 17.2 Å². The van der Waals surface area contributed by atoms with Crippen molar-refractivity contribution in [2.75, 3.05) is 12.8 Å². The van der Waals surface area contributed by atoms with E-state index in [2.05, 4.69) is 9.72 Å². The zero-order chi connectivity index (χ0) is 11.3. The molecule has 0 saturated carbocycles. The number of nitrogens with zero attached hydrogens (tertiary/aromatic N) is 1. The van der Waals surface area contributed by atoms with Crippen LogP contribution in [-0.2, 0) is 9.53 Å². The first-order chi connectivity index (χ1) is 7.19. The molecule has 0 aliphatic heterocycles. The highest BCUT2D eigenvalue weighted by molar-refractivity contribution is 7.13. The highest BCUT2D eigenvalue weighted by Gasteiger charge is 2.14. The van der Waals surface area contributed by atoms with Crippen molar-refractivity contribution in [3.63, 3.8) is 0 Å². The van der Waals surface area contributed by atoms with Gasteiger partial charge in [-0.05, 0) is 6.42 Å². The molecule has 1 rings (SSSR count). The van der Waals surface area contributed by atoms with Crippen molar-refractivity contribution < 1.29 is 9.53 Å². The number of aromatic nitrogens is 1. The van der Waals surface area contributed by atoms with Crippen LogP contribution < -0.4 is 5.73 Å². The summed E-state index contributed by atoms with van der Waals surface area (Å²) in [7, 11) is 1.36. The van der Waals surface area contributed by atoms with Crippen LogP contribution >= 0.6 is 11.3 Å². The fourth-order valence-corrected chi connectivity index (χ4v) is 1.67. The number of anilines is 1. The quantitative estimate of drug-likeness (QED) is 0.630. The van der Waals surface area contributed by atoms with E-state index in [1.807, 2.05) is 13.0 Å². The number of methoxy groups -OCH3 is 1. The molecule has 82 valence electrons. The minimum atomic E-state index is -0.367. The van der Waals surface area contributed by atoms with E-state index in [0.29, 0.717) is 16.4 Å². The number of carbonyl (C=O) groups is 1. The van der Waals surface area contributed by atoms with E-state index in [9.17, 15) is 4.79 Å². The zero-order valence-electron chi connectivity index (χ0n) is 8.82. The Labute approximate surface area is 92.8 Å². The number of unbranched alkanes of at least 4 members (excludes halogenated alkanes) is 1. The molecule has 0 unspecified atom stereocenters. The summed E-state index contributed by atoms with van der Waals surface area (Å²) >= 11 is 1.31. The average Bonchev–Trinajstić information content (AvgIpc) is 2.65. The summed E-state index contributed by atoms with van der Waals surface area (Å²) in [5.41, 5.74) is 6.60. The summed E-state index contributed by atoms with van der Waals surface area (Å²) in [4.78, 5) is 15.5. The molecule has 4 nitrogen and oxygen atoms in total. The van der Waals surface area contributed by atoms with Crippen molar-refractivity contribution in [1.29, 1.82) is 0 Å². The van der Waals surface area contributed by atoms with E-state index in [4.69, 9.17) is 5.73 Å². The second-order valence-corrected chi connectivity index (χ2v) is 3.86. The predicted octanol–water partition coefficient (Wildman–Crippen LogP) is 2.08. The average molecular weight is 226 g/mol. The third-order valence-corrected chi connectivity index (χ3v) is 2.51. The van der Waals surface area contributed by atoms with Crippen LogP contribution in [-0.4, -0.2) is 18.1 Å². The van der Waals surface area contributed by atoms with Gasteiger partial charge in [0, 0.05) is 5.38 Å². The number of esters is 1. The van der Waals surface area contributed by atoms with E-state index >= 15 is 0 Å². The molecule has 0 aliphatic carbocycles. The van der Waals surface area contributed by atoms with Gasteiger partial charge in [0.2, 0.25) is 0 Å². The van der Waals surface area contributed by atoms with Crippen molar-refractivity contribution in [3.8, 4) is 0 Å². The Balaban J connectivity index is 2.95. The number of carbonyl (C=O) groups excluding carboxylic acids is 1. The van der Waals surface area contributed by atoms with Crippen molar-refractivity contribution in [1.82, 2.24) is 4.98 Å². The Bertz CT molecular complexity index is 371. The van der Waals surface area contributed by atoms with Crippen LogP contribution in [0.2, 0.25) is 0 Å². The van der Waals surface area contributed by atoms with Gasteiger partial charge >= 0.3 is 5.97 Å². The Morgan fingerprint density at radius 3 is 2.93 bits per heavy atom. The highest BCUT2D eigenvalue weighted by Crippen LogP contribution is 2.21. The highest BCUT2D eigenvalue weighted by atomic mass is 32.1. The van der Waals surface area contributed by atoms with Gasteiger partial charge in [0.05, 0.1) is 18.4 Å². The SMILES string of the molecule is CCC/C=C(/C(=O)OC)c1csc(N)n1. The Kier molecular flexibility index (Phi) is 4.30. The lowest BCUT2D eigenvalue weighted by molar-refractivity contribution is -0.133. The van der Waals surface area contributed by atoms with Crippen LogP contribution in [0.1, 0.15) is 25.5 Å². The van der Waals surface area contributed by atoms with Gasteiger partial charge in [-0.15, -0.1) is 11.3 Å². The van der Waals surface area contributed by atoms with Gasteiger partial charge in [0.1, 0.15) is 0 Å². The molecule has 0 fully saturated rings. The van der Waals surface area contributed by atoms with Crippen LogP contribution in [0.15, 0.2) is 11.5 Å². The van der Waals surface area contributed by atoms with E-state index < -0.39 is 0 Å². The minimum absolute atomic E-state index is 0.367. The van der Waals surface area contributed by atoms with Crippen LogP contribution in [0.4, 0.5) is 5.13 Å². The molecular formula is C10H14N2O2S. The Morgan fingerprint density at radius 2 is 2.47 bits per heavy atom. The minimum Gasteiger partial charge on any atom is -0.465 e. The van der Waals surface area contributed by atoms with Gasteiger partial charge in [0.15, 0.2) is 5.13 Å². The van der Waals surface area contributed by atoms with Crippen LogP contribution in [0.25, 0.3) is 5.57 Å². The molecule has 0 aromatic carbocycles. The molecule has 0 amide bonds. The maximum atomic E-state index is 11.5. The van der Waals surface area contributed by atoms with E-state index in [-0.39, 0.29) is 5.97 Å². The monoisotopic (exact) mass is 226 g/mol. The second kappa shape index (κ2) is 5.50. The number of thiazole rings is 1. The van der Waals surface area contributed by atoms with Crippen LogP contribution in [0, 0.1) is 0 Å². The molecule has 0 aliphatic rings. The molecule has 1 aromatic heterocycles. The molecule has 5 heteroatoms. The van der Waals surface area contributed by atoms with Gasteiger partial charge in [-0.1, -0.05) is 19.4 Å². The van der Waals surface area contributed by atoms with Crippen LogP contribution in [0.3, 0.4) is 0 Å². The number of allylic oxidation sites excluding steroid dienone is 1. The lowest BCUT2D eigenvalue weighted by Gasteiger charge is -2.01. The third kappa shape index (κ3) is 3.06. The van der Waals surface area contributed by atoms with Crippen molar-refractivity contribution >= 4 is 28.0 Å². The van der Waals surface area contributed by atoms with E-state index in [1.165, 1.54) is 18.4 Å². The molecule has 1 heterocycles. The zero-order valence-corrected chi connectivity index (χ0v) is 9.63. The molecule has 0 atom stereocenters. The molecule has 0 bridgehead atoms. The summed E-state index contributed by atoms with van der Waals surface area (Å²) < 4.78 is 4.69. The first kappa shape index (κ1) is 11.7. The molecule has 2 N–H and O–H groups in total. The summed E-state index contributed by atoms with van der Waals surface area (Å²) in [6.45, 7) is 2.04. The van der Waals surface area contributed by atoms with Gasteiger partial charge in [-0.25, -0.2) is 9.78 Å². The number of nitrogens with two attached hydrogens (primary N) is 1. The normalized spacial score (nSPS) is 11.5. The second-order valence-electron chi connectivity index (χ2n) is 2.97. The first-order valence-corrected chi connectivity index (χ1v) is 5.56. The van der Waals surface area contributed by atoms with Gasteiger partial charge in [0.25, 0.3) is 0 Å². The lowest BCUT2D eigenvalue weighted by Crippen LogP contribution is -2.04. The van der Waals surface area contributed by atoms with Crippen LogP contribution in [0.5, 0.6) is 0 Å². The largest absolute Gasteiger partial charge is 0.465 e. The molecule has 0 radical (unpaired) electrons. The first-order valence-electron chi connectivity index (χ1n) is 4.68. The summed E-state index contributed by atoms with van der Waals surface area (Å²) in [6.07, 6.45) is 3.63. The fraction of sp³-hybridized carbons (Fsp3) is 0.400. The van der Waals surface area contributed by atoms with Gasteiger partial charge in [-0.2, -0.15) is 0 Å². The molecule has 0 spiro atoms. The Hall–Kier alpha value is -1.36. The number of hydrogen-bond acceptors (Lipinski definition) is 5. The Morgan fingerprint density at radius 1 is 1.73 bits per heavy atom. The smallest absolute Gasteiger partial charge is 0.339 e. The number of nitrogen functional groups attached to an aromatic ring is 1. The maximum Gasteiger partial charge on any atom is 0.339 e. The molecule has 15 heavy (non-hydrogen) atoms. The van der Waals surface area contributed by atoms with E-state index in [0.717, 1.165) is 12.8 Å². The van der Waals surface area contributed by atoms with Crippen molar-refractivity contribution in [2.45, 2.75) is 19.8 Å². The number of rotatable bonds is 4. The molecule has 1 aromatic rings. The maximum absolute atomic E-state index is 11.5. The fourth-order valence-electron chi connectivity index (χ4n) is 1.10. The number of ether oxygens (including phenoxy) is 1. The summed E-state index contributed by atoms with van der Waals surface area (Å²) in [5, 5.41) is 2.21. The number of hydrogen-bond donors (Lipinski definition) is 1. The van der Waals surface area contributed by atoms with Gasteiger partial charge in [-0.3, -0.25) is 0 Å². The standard InChI is InChI=1S/C10H14N2O2S/c1-3-4-5-7(9(13)14-2)8-6-15-10(11)12-8/h5-6H,3-4H2,1-2H3,(H2,11,12)/b7-5+. The third-order valence-electron chi connectivity index (χ3n) is 1.84. The summed E-state index contributed by atoms with van der Waals surface area (Å²) in [5.74, 6) is -0.367. The summed E-state index contributed by atoms with van der Waals surface area (Å²) in [6, 6.07) is 0. The van der Waals surface area contributed by atoms with Crippen molar-refractivity contribution in [2.24, 2.45) is 0 Å². The lowest BCUT2D eigenvalue weighted by atomic mass is 10.1. The van der Waals surface area contributed by atoms with Gasteiger partial charge < -0.3 is 10.5 Å². The predicted molar refractivity (Wildman–Crippen MR) is 61.4 cm³/mol. The molecular weight excluding hydrogens is 212 g/mol. The molecule has 0 saturated heterocycles. The van der Waals surface area contributed by atoms with E-state index in [1.54, 1.807) is 5.38 Å².